The molecular weight excluding hydrogens is 373 g/mol. The maximum Gasteiger partial charge on any atom is 0.337 e. The van der Waals surface area contributed by atoms with Crippen molar-refractivity contribution in [3.63, 3.8) is 0 Å². The highest BCUT2D eigenvalue weighted by Gasteiger charge is 2.27. The number of amides is 2. The summed E-state index contributed by atoms with van der Waals surface area (Å²) in [7, 11) is 3.17. The zero-order valence-electron chi connectivity index (χ0n) is 14.7. The zero-order chi connectivity index (χ0) is 18.8. The zero-order valence-corrected chi connectivity index (χ0v) is 16.2. The monoisotopic (exact) mass is 391 g/mol. The molecule has 2 aromatic rings. The van der Waals surface area contributed by atoms with Gasteiger partial charge in [-0.05, 0) is 43.2 Å². The molecule has 2 aromatic carbocycles. The summed E-state index contributed by atoms with van der Waals surface area (Å²) < 4.78 is 5.36. The SMILES string of the molecule is CNC(=O)N1N=C(c2ccc(Cl)cc2)c2cc(Cl)c(OC)cc2CC1C. The van der Waals surface area contributed by atoms with Gasteiger partial charge >= 0.3 is 6.03 Å². The van der Waals surface area contributed by atoms with E-state index in [2.05, 4.69) is 10.4 Å². The van der Waals surface area contributed by atoms with E-state index in [1.165, 1.54) is 5.01 Å². The summed E-state index contributed by atoms with van der Waals surface area (Å²) in [6.45, 7) is 1.95. The molecule has 5 nitrogen and oxygen atoms in total. The maximum absolute atomic E-state index is 12.3. The summed E-state index contributed by atoms with van der Waals surface area (Å²) in [4.78, 5) is 12.3. The summed E-state index contributed by atoms with van der Waals surface area (Å²) in [6, 6.07) is 10.7. The van der Waals surface area contributed by atoms with E-state index in [0.29, 0.717) is 27.9 Å². The van der Waals surface area contributed by atoms with Crippen molar-refractivity contribution in [3.8, 4) is 5.75 Å². The van der Waals surface area contributed by atoms with E-state index in [4.69, 9.17) is 27.9 Å². The molecule has 2 amide bonds. The topological polar surface area (TPSA) is 53.9 Å². The van der Waals surface area contributed by atoms with Crippen LogP contribution in [0.3, 0.4) is 0 Å². The van der Waals surface area contributed by atoms with Crippen LogP contribution in [0.15, 0.2) is 41.5 Å². The number of halogens is 2. The lowest BCUT2D eigenvalue weighted by Crippen LogP contribution is -2.41. The predicted molar refractivity (Wildman–Crippen MR) is 105 cm³/mol. The third kappa shape index (κ3) is 3.50. The van der Waals surface area contributed by atoms with E-state index in [9.17, 15) is 4.79 Å². The molecule has 1 unspecified atom stereocenters. The van der Waals surface area contributed by atoms with Crippen LogP contribution in [0.25, 0.3) is 0 Å². The average molecular weight is 392 g/mol. The van der Waals surface area contributed by atoms with Crippen molar-refractivity contribution in [1.82, 2.24) is 10.3 Å². The minimum Gasteiger partial charge on any atom is -0.495 e. The molecule has 3 rings (SSSR count). The fourth-order valence-electron chi connectivity index (χ4n) is 2.99. The highest BCUT2D eigenvalue weighted by atomic mass is 35.5. The quantitative estimate of drug-likeness (QED) is 0.827. The average Bonchev–Trinajstić information content (AvgIpc) is 2.77. The lowest BCUT2D eigenvalue weighted by Gasteiger charge is -2.22. The predicted octanol–water partition coefficient (Wildman–Crippen LogP) is 4.34. The second-order valence-corrected chi connectivity index (χ2v) is 6.90. The maximum atomic E-state index is 12.3. The van der Waals surface area contributed by atoms with Gasteiger partial charge in [-0.3, -0.25) is 0 Å². The molecule has 0 fully saturated rings. The van der Waals surface area contributed by atoms with Crippen LogP contribution in [-0.4, -0.2) is 37.0 Å². The first-order valence-corrected chi connectivity index (χ1v) is 8.92. The smallest absolute Gasteiger partial charge is 0.337 e. The van der Waals surface area contributed by atoms with Crippen LogP contribution in [0.1, 0.15) is 23.6 Å². The van der Waals surface area contributed by atoms with Crippen LogP contribution in [0.5, 0.6) is 5.75 Å². The minimum absolute atomic E-state index is 0.135. The molecule has 1 aliphatic rings. The summed E-state index contributed by atoms with van der Waals surface area (Å²) in [6.07, 6.45) is 0.622. The number of carbonyl (C=O) groups excluding carboxylic acids is 1. The summed E-state index contributed by atoms with van der Waals surface area (Å²) >= 11 is 12.4. The number of benzene rings is 2. The Morgan fingerprint density at radius 3 is 2.58 bits per heavy atom. The lowest BCUT2D eigenvalue weighted by atomic mass is 9.94. The third-order valence-electron chi connectivity index (χ3n) is 4.31. The van der Waals surface area contributed by atoms with Gasteiger partial charge in [-0.2, -0.15) is 5.10 Å². The number of hydrogen-bond acceptors (Lipinski definition) is 3. The Hall–Kier alpha value is -2.24. The first-order valence-electron chi connectivity index (χ1n) is 8.17. The molecule has 0 saturated heterocycles. The Balaban J connectivity index is 2.22. The number of fused-ring (bicyclic) bond motifs is 1. The van der Waals surface area contributed by atoms with Crippen molar-refractivity contribution in [3.05, 3.63) is 63.1 Å². The molecule has 0 saturated carbocycles. The fraction of sp³-hybridized carbons (Fsp3) is 0.263. The highest BCUT2D eigenvalue weighted by Crippen LogP contribution is 2.33. The largest absolute Gasteiger partial charge is 0.495 e. The van der Waals surface area contributed by atoms with E-state index in [1.54, 1.807) is 26.3 Å². The van der Waals surface area contributed by atoms with Crippen molar-refractivity contribution in [2.45, 2.75) is 19.4 Å². The Morgan fingerprint density at radius 1 is 1.27 bits per heavy atom. The first-order chi connectivity index (χ1) is 12.4. The molecule has 1 heterocycles. The van der Waals surface area contributed by atoms with Gasteiger partial charge in [0.25, 0.3) is 0 Å². The third-order valence-corrected chi connectivity index (χ3v) is 4.86. The van der Waals surface area contributed by atoms with Crippen molar-refractivity contribution >= 4 is 34.9 Å². The molecule has 0 aromatic heterocycles. The van der Waals surface area contributed by atoms with Gasteiger partial charge in [0.05, 0.1) is 23.9 Å². The number of nitrogens with zero attached hydrogens (tertiary/aromatic N) is 2. The number of nitrogens with one attached hydrogen (secondary N) is 1. The van der Waals surface area contributed by atoms with Gasteiger partial charge in [0.2, 0.25) is 0 Å². The lowest BCUT2D eigenvalue weighted by molar-refractivity contribution is 0.184. The molecule has 0 aliphatic carbocycles. The minimum atomic E-state index is -0.269. The molecular formula is C19H19Cl2N3O2. The second kappa shape index (κ2) is 7.56. The van der Waals surface area contributed by atoms with Gasteiger partial charge in [-0.1, -0.05) is 35.3 Å². The van der Waals surface area contributed by atoms with Crippen molar-refractivity contribution in [2.75, 3.05) is 14.2 Å². The molecule has 1 atom stereocenters. The van der Waals surface area contributed by atoms with Crippen molar-refractivity contribution in [1.29, 1.82) is 0 Å². The molecule has 26 heavy (non-hydrogen) atoms. The Kier molecular flexibility index (Phi) is 5.39. The van der Waals surface area contributed by atoms with E-state index in [0.717, 1.165) is 16.7 Å². The number of carbonyl (C=O) groups is 1. The van der Waals surface area contributed by atoms with Crippen LogP contribution < -0.4 is 10.1 Å². The van der Waals surface area contributed by atoms with Gasteiger partial charge in [0.1, 0.15) is 5.75 Å². The number of urea groups is 1. The molecule has 0 radical (unpaired) electrons. The van der Waals surface area contributed by atoms with E-state index < -0.39 is 0 Å². The van der Waals surface area contributed by atoms with Gasteiger partial charge in [0.15, 0.2) is 0 Å². The van der Waals surface area contributed by atoms with Crippen LogP contribution in [0.2, 0.25) is 10.0 Å². The van der Waals surface area contributed by atoms with Gasteiger partial charge in [-0.25, -0.2) is 9.80 Å². The van der Waals surface area contributed by atoms with Crippen molar-refractivity contribution in [2.24, 2.45) is 5.10 Å². The fourth-order valence-corrected chi connectivity index (χ4v) is 3.35. The number of hydrogen-bond donors (Lipinski definition) is 1. The second-order valence-electron chi connectivity index (χ2n) is 6.05. The van der Waals surface area contributed by atoms with Crippen LogP contribution in [0.4, 0.5) is 4.79 Å². The molecule has 1 N–H and O–H groups in total. The van der Waals surface area contributed by atoms with Crippen LogP contribution in [-0.2, 0) is 6.42 Å². The summed E-state index contributed by atoms with van der Waals surface area (Å²) in [5.74, 6) is 0.599. The number of methoxy groups -OCH3 is 1. The molecule has 136 valence electrons. The molecule has 0 spiro atoms. The molecule has 7 heteroatoms. The highest BCUT2D eigenvalue weighted by molar-refractivity contribution is 6.33. The Morgan fingerprint density at radius 2 is 1.96 bits per heavy atom. The first kappa shape index (κ1) is 18.5. The van der Waals surface area contributed by atoms with Crippen LogP contribution in [0, 0.1) is 0 Å². The van der Waals surface area contributed by atoms with E-state index in [-0.39, 0.29) is 12.1 Å². The normalized spacial score (nSPS) is 16.4. The van der Waals surface area contributed by atoms with Crippen LogP contribution >= 0.6 is 23.2 Å². The number of ether oxygens (including phenoxy) is 1. The Bertz CT molecular complexity index is 866. The van der Waals surface area contributed by atoms with Gasteiger partial charge in [0, 0.05) is 23.2 Å². The Labute approximate surface area is 162 Å². The number of rotatable bonds is 2. The van der Waals surface area contributed by atoms with E-state index in [1.807, 2.05) is 31.2 Å². The van der Waals surface area contributed by atoms with Gasteiger partial charge in [-0.15, -0.1) is 0 Å². The number of hydrazone groups is 1. The van der Waals surface area contributed by atoms with Gasteiger partial charge < -0.3 is 10.1 Å². The molecule has 0 bridgehead atoms. The standard InChI is InChI=1S/C19H19Cl2N3O2/c1-11-8-13-9-17(26-3)16(21)10-15(13)18(23-24(11)19(25)22-2)12-4-6-14(20)7-5-12/h4-7,9-11H,8H2,1-3H3,(H,22,25). The molecule has 1 aliphatic heterocycles. The summed E-state index contributed by atoms with van der Waals surface area (Å²) in [5, 5.41) is 9.89. The van der Waals surface area contributed by atoms with E-state index >= 15 is 0 Å². The van der Waals surface area contributed by atoms with Crippen molar-refractivity contribution < 1.29 is 9.53 Å². The summed E-state index contributed by atoms with van der Waals surface area (Å²) in [5.41, 5.74) is 3.39.